The number of carbonyl (C=O) groups is 1. The zero-order chi connectivity index (χ0) is 13.4. The summed E-state index contributed by atoms with van der Waals surface area (Å²) in [5, 5.41) is 3.13. The van der Waals surface area contributed by atoms with Gasteiger partial charge in [-0.2, -0.15) is 0 Å². The van der Waals surface area contributed by atoms with E-state index in [0.29, 0.717) is 24.4 Å². The van der Waals surface area contributed by atoms with Crippen LogP contribution in [0.25, 0.3) is 0 Å². The summed E-state index contributed by atoms with van der Waals surface area (Å²) in [6.07, 6.45) is 9.95. The first kappa shape index (κ1) is 15.5. The van der Waals surface area contributed by atoms with Gasteiger partial charge >= 0.3 is 0 Å². The van der Waals surface area contributed by atoms with E-state index in [0.717, 1.165) is 32.1 Å². The largest absolute Gasteiger partial charge is 0.354 e. The third-order valence-electron chi connectivity index (χ3n) is 4.01. The summed E-state index contributed by atoms with van der Waals surface area (Å²) in [6, 6.07) is 0.701. The van der Waals surface area contributed by atoms with Gasteiger partial charge < -0.3 is 11.1 Å². The van der Waals surface area contributed by atoms with Crippen LogP contribution in [0.15, 0.2) is 0 Å². The van der Waals surface area contributed by atoms with Crippen molar-refractivity contribution in [2.24, 2.45) is 11.7 Å². The molecule has 0 radical (unpaired) electrons. The quantitative estimate of drug-likeness (QED) is 0.686. The Morgan fingerprint density at radius 3 is 2.56 bits per heavy atom. The summed E-state index contributed by atoms with van der Waals surface area (Å²) in [5.74, 6) is 0.798. The first-order valence-corrected chi connectivity index (χ1v) is 7.66. The van der Waals surface area contributed by atoms with E-state index in [1.165, 1.54) is 19.3 Å². The Bertz CT molecular complexity index is 235. The van der Waals surface area contributed by atoms with Crippen LogP contribution in [0.4, 0.5) is 0 Å². The van der Waals surface area contributed by atoms with Crippen molar-refractivity contribution in [1.29, 1.82) is 0 Å². The highest BCUT2D eigenvalue weighted by molar-refractivity contribution is 5.76. The summed E-state index contributed by atoms with van der Waals surface area (Å²) >= 11 is 0. The number of amides is 1. The van der Waals surface area contributed by atoms with Gasteiger partial charge in [-0.1, -0.05) is 26.2 Å². The molecule has 0 bridgehead atoms. The molecule has 3 nitrogen and oxygen atoms in total. The molecule has 0 aromatic carbocycles. The zero-order valence-corrected chi connectivity index (χ0v) is 12.1. The van der Waals surface area contributed by atoms with Crippen molar-refractivity contribution < 1.29 is 4.79 Å². The maximum absolute atomic E-state index is 11.9. The molecule has 0 aliphatic heterocycles. The van der Waals surface area contributed by atoms with E-state index in [9.17, 15) is 4.79 Å². The van der Waals surface area contributed by atoms with Crippen LogP contribution in [-0.4, -0.2) is 18.0 Å². The summed E-state index contributed by atoms with van der Waals surface area (Å²) in [7, 11) is 0. The fourth-order valence-corrected chi connectivity index (χ4v) is 2.76. The second-order valence-corrected chi connectivity index (χ2v) is 5.95. The number of rotatable bonds is 7. The monoisotopic (exact) mass is 254 g/mol. The van der Waals surface area contributed by atoms with E-state index in [2.05, 4.69) is 19.2 Å². The van der Waals surface area contributed by atoms with Gasteiger partial charge in [-0.3, -0.25) is 4.79 Å². The molecule has 0 heterocycles. The minimum absolute atomic E-state index is 0.236. The van der Waals surface area contributed by atoms with Gasteiger partial charge in [-0.05, 0) is 44.9 Å². The molecule has 1 rings (SSSR count). The molecule has 3 N–H and O–H groups in total. The molecule has 3 heteroatoms. The smallest absolute Gasteiger partial charge is 0.220 e. The van der Waals surface area contributed by atoms with Crippen LogP contribution in [0, 0.1) is 5.92 Å². The van der Waals surface area contributed by atoms with Gasteiger partial charge in [-0.15, -0.1) is 0 Å². The van der Waals surface area contributed by atoms with E-state index in [-0.39, 0.29) is 5.91 Å². The van der Waals surface area contributed by atoms with E-state index in [1.54, 1.807) is 0 Å². The van der Waals surface area contributed by atoms with Gasteiger partial charge in [0.25, 0.3) is 0 Å². The standard InChI is InChI=1S/C15H30N2O/c1-3-4-5-6-12(2)17-15(18)11-13-7-9-14(16)10-8-13/h12-14H,3-11,16H2,1-2H3,(H,17,18). The first-order valence-electron chi connectivity index (χ1n) is 7.66. The summed E-state index contributed by atoms with van der Waals surface area (Å²) in [4.78, 5) is 11.9. The van der Waals surface area contributed by atoms with Crippen molar-refractivity contribution >= 4 is 5.91 Å². The lowest BCUT2D eigenvalue weighted by molar-refractivity contribution is -0.122. The normalized spacial score (nSPS) is 25.7. The van der Waals surface area contributed by atoms with Gasteiger partial charge in [0, 0.05) is 18.5 Å². The third kappa shape index (κ3) is 6.39. The Morgan fingerprint density at radius 1 is 1.28 bits per heavy atom. The third-order valence-corrected chi connectivity index (χ3v) is 4.01. The highest BCUT2D eigenvalue weighted by atomic mass is 16.1. The van der Waals surface area contributed by atoms with Gasteiger partial charge in [0.15, 0.2) is 0 Å². The van der Waals surface area contributed by atoms with E-state index in [4.69, 9.17) is 5.73 Å². The average Bonchev–Trinajstić information content (AvgIpc) is 2.32. The molecule has 106 valence electrons. The lowest BCUT2D eigenvalue weighted by Gasteiger charge is -2.26. The summed E-state index contributed by atoms with van der Waals surface area (Å²) < 4.78 is 0. The number of unbranched alkanes of at least 4 members (excludes halogenated alkanes) is 2. The maximum atomic E-state index is 11.9. The van der Waals surface area contributed by atoms with Crippen molar-refractivity contribution in [2.75, 3.05) is 0 Å². The minimum atomic E-state index is 0.236. The van der Waals surface area contributed by atoms with E-state index in [1.807, 2.05) is 0 Å². The number of hydrogen-bond acceptors (Lipinski definition) is 2. The van der Waals surface area contributed by atoms with Gasteiger partial charge in [-0.25, -0.2) is 0 Å². The molecule has 0 aromatic rings. The Morgan fingerprint density at radius 2 is 1.94 bits per heavy atom. The molecule has 1 saturated carbocycles. The van der Waals surface area contributed by atoms with Crippen LogP contribution >= 0.6 is 0 Å². The van der Waals surface area contributed by atoms with Crippen molar-refractivity contribution in [3.05, 3.63) is 0 Å². The fourth-order valence-electron chi connectivity index (χ4n) is 2.76. The molecule has 1 aliphatic rings. The minimum Gasteiger partial charge on any atom is -0.354 e. The Balaban J connectivity index is 2.12. The Kier molecular flexibility index (Phi) is 7.33. The number of carbonyl (C=O) groups excluding carboxylic acids is 1. The molecule has 1 fully saturated rings. The number of nitrogens with one attached hydrogen (secondary N) is 1. The molecule has 1 unspecified atom stereocenters. The van der Waals surface area contributed by atoms with E-state index < -0.39 is 0 Å². The van der Waals surface area contributed by atoms with E-state index >= 15 is 0 Å². The van der Waals surface area contributed by atoms with Crippen LogP contribution in [0.2, 0.25) is 0 Å². The highest BCUT2D eigenvalue weighted by Gasteiger charge is 2.21. The molecule has 1 amide bonds. The molecular formula is C15H30N2O. The SMILES string of the molecule is CCCCCC(C)NC(=O)CC1CCC(N)CC1. The van der Waals surface area contributed by atoms with Gasteiger partial charge in [0.05, 0.1) is 0 Å². The lowest BCUT2D eigenvalue weighted by Crippen LogP contribution is -2.35. The molecule has 0 aromatic heterocycles. The second-order valence-electron chi connectivity index (χ2n) is 5.95. The second kappa shape index (κ2) is 8.52. The van der Waals surface area contributed by atoms with Crippen molar-refractivity contribution in [3.8, 4) is 0 Å². The molecule has 0 spiro atoms. The number of nitrogens with two attached hydrogens (primary N) is 1. The van der Waals surface area contributed by atoms with Crippen molar-refractivity contribution in [1.82, 2.24) is 5.32 Å². The summed E-state index contributed by atoms with van der Waals surface area (Å²) in [6.45, 7) is 4.32. The Hall–Kier alpha value is -0.570. The molecule has 1 atom stereocenters. The summed E-state index contributed by atoms with van der Waals surface area (Å²) in [5.41, 5.74) is 5.88. The van der Waals surface area contributed by atoms with Crippen LogP contribution in [0.5, 0.6) is 0 Å². The maximum Gasteiger partial charge on any atom is 0.220 e. The van der Waals surface area contributed by atoms with Crippen molar-refractivity contribution in [3.63, 3.8) is 0 Å². The molecule has 1 aliphatic carbocycles. The topological polar surface area (TPSA) is 55.1 Å². The predicted octanol–water partition coefficient (Wildman–Crippen LogP) is 2.98. The highest BCUT2D eigenvalue weighted by Crippen LogP contribution is 2.25. The van der Waals surface area contributed by atoms with Crippen molar-refractivity contribution in [2.45, 2.75) is 83.7 Å². The molecule has 0 saturated heterocycles. The average molecular weight is 254 g/mol. The Labute approximate surface area is 112 Å². The van der Waals surface area contributed by atoms with Crippen LogP contribution < -0.4 is 11.1 Å². The molecule has 18 heavy (non-hydrogen) atoms. The molecular weight excluding hydrogens is 224 g/mol. The van der Waals surface area contributed by atoms with Gasteiger partial charge in [0.1, 0.15) is 0 Å². The fraction of sp³-hybridized carbons (Fsp3) is 0.933. The van der Waals surface area contributed by atoms with Gasteiger partial charge in [0.2, 0.25) is 5.91 Å². The predicted molar refractivity (Wildman–Crippen MR) is 76.3 cm³/mol. The van der Waals surface area contributed by atoms with Crippen LogP contribution in [-0.2, 0) is 4.79 Å². The lowest BCUT2D eigenvalue weighted by atomic mass is 9.84. The number of hydrogen-bond donors (Lipinski definition) is 2. The zero-order valence-electron chi connectivity index (χ0n) is 12.1. The van der Waals surface area contributed by atoms with Crippen LogP contribution in [0.1, 0.15) is 71.6 Å². The first-order chi connectivity index (χ1) is 8.61. The van der Waals surface area contributed by atoms with Crippen LogP contribution in [0.3, 0.4) is 0 Å².